The zero-order valence-corrected chi connectivity index (χ0v) is 12.0. The third kappa shape index (κ3) is 7.44. The van der Waals surface area contributed by atoms with Crippen molar-refractivity contribution in [2.75, 3.05) is 0 Å². The number of hydrogen-bond donors (Lipinski definition) is 0. The van der Waals surface area contributed by atoms with Crippen LogP contribution in [0.4, 0.5) is 0 Å². The van der Waals surface area contributed by atoms with Crippen molar-refractivity contribution in [3.05, 3.63) is 42.5 Å². The van der Waals surface area contributed by atoms with Crippen LogP contribution in [-0.4, -0.2) is 6.79 Å². The van der Waals surface area contributed by atoms with E-state index in [1.165, 1.54) is 17.6 Å². The van der Waals surface area contributed by atoms with Crippen molar-refractivity contribution < 1.29 is 28.0 Å². The molecule has 0 aromatic carbocycles. The van der Waals surface area contributed by atoms with Crippen LogP contribution in [0.25, 0.3) is 0 Å². The first-order valence-corrected chi connectivity index (χ1v) is 7.47. The maximum atomic E-state index is 7.50. The Bertz CT molecular complexity index is 304. The first kappa shape index (κ1) is 14.5. The zero-order valence-electron chi connectivity index (χ0n) is 9.50. The second kappa shape index (κ2) is 8.79. The molecular formula is C13H16OZr. The second-order valence-electron chi connectivity index (χ2n) is 3.58. The predicted octanol–water partition coefficient (Wildman–Crippen LogP) is 3.39. The molecule has 0 aromatic rings. The summed E-state index contributed by atoms with van der Waals surface area (Å²) in [7, 11) is 0. The van der Waals surface area contributed by atoms with Gasteiger partial charge in [0.05, 0.1) is 0 Å². The fourth-order valence-corrected chi connectivity index (χ4v) is 3.53. The Labute approximate surface area is 104 Å². The van der Waals surface area contributed by atoms with Crippen LogP contribution in [0.3, 0.4) is 0 Å². The minimum absolute atomic E-state index is 0.382. The first-order valence-electron chi connectivity index (χ1n) is 4.83. The molecule has 0 aromatic heterocycles. The molecule has 2 heteroatoms. The molecule has 1 rings (SSSR count). The van der Waals surface area contributed by atoms with Crippen molar-refractivity contribution in [2.24, 2.45) is 0 Å². The molecule has 0 bridgehead atoms. The molecule has 0 saturated heterocycles. The molecule has 78 valence electrons. The molecule has 0 N–H and O–H groups in total. The van der Waals surface area contributed by atoms with Crippen LogP contribution in [0.2, 0.25) is 0 Å². The molecule has 2 radical (unpaired) electrons. The molecule has 0 unspecified atom stereocenters. The Kier molecular flexibility index (Phi) is 8.51. The Morgan fingerprint density at radius 3 is 2.53 bits per heavy atom. The summed E-state index contributed by atoms with van der Waals surface area (Å²) >= 11 is -0.382. The van der Waals surface area contributed by atoms with Gasteiger partial charge in [-0.15, -0.1) is 0 Å². The summed E-state index contributed by atoms with van der Waals surface area (Å²) < 4.78 is 4.15. The smallest absolute Gasteiger partial charge is 0.281 e. The van der Waals surface area contributed by atoms with Crippen LogP contribution >= 0.6 is 0 Å². The molecule has 0 atom stereocenters. The quantitative estimate of drug-likeness (QED) is 0.724. The summed E-state index contributed by atoms with van der Waals surface area (Å²) in [5.41, 5.74) is 2.84. The molecule has 0 spiro atoms. The van der Waals surface area contributed by atoms with Gasteiger partial charge < -0.3 is 0 Å². The molecule has 0 saturated carbocycles. The van der Waals surface area contributed by atoms with E-state index in [4.69, 9.17) is 4.79 Å². The minimum atomic E-state index is -0.382. The van der Waals surface area contributed by atoms with Crippen LogP contribution in [0.15, 0.2) is 42.5 Å². The SMILES string of the molecule is CC(C)=CC(C)=[CH][Zr][C]1=CC=CC1.[C]=O. The summed E-state index contributed by atoms with van der Waals surface area (Å²) in [6.07, 6.45) is 10.2. The van der Waals surface area contributed by atoms with Crippen LogP contribution in [-0.2, 0) is 28.0 Å². The van der Waals surface area contributed by atoms with Gasteiger partial charge in [0.2, 0.25) is 0 Å². The maximum Gasteiger partial charge on any atom is 0.281 e. The summed E-state index contributed by atoms with van der Waals surface area (Å²) in [5, 5.41) is 0. The Morgan fingerprint density at radius 2 is 2.07 bits per heavy atom. The summed E-state index contributed by atoms with van der Waals surface area (Å²) in [6.45, 7) is 11.0. The third-order valence-electron chi connectivity index (χ3n) is 1.77. The second-order valence-corrected chi connectivity index (χ2v) is 6.58. The average Bonchev–Trinajstić information content (AvgIpc) is 2.69. The van der Waals surface area contributed by atoms with Crippen LogP contribution < -0.4 is 0 Å². The number of carbonyl (C=O) groups excluding carboxylic acids is 1. The molecule has 0 fully saturated rings. The van der Waals surface area contributed by atoms with Crippen molar-refractivity contribution in [2.45, 2.75) is 27.2 Å². The van der Waals surface area contributed by atoms with E-state index in [0.717, 1.165) is 0 Å². The van der Waals surface area contributed by atoms with E-state index in [9.17, 15) is 0 Å². The van der Waals surface area contributed by atoms with Crippen molar-refractivity contribution in [3.8, 4) is 0 Å². The number of allylic oxidation sites excluding steroid dienone is 7. The third-order valence-corrected chi connectivity index (χ3v) is 5.07. The molecule has 0 heterocycles. The van der Waals surface area contributed by atoms with Gasteiger partial charge in [-0.3, -0.25) is 4.79 Å². The van der Waals surface area contributed by atoms with E-state index in [1.807, 2.05) is 0 Å². The van der Waals surface area contributed by atoms with Gasteiger partial charge in [-0.05, 0) is 0 Å². The Morgan fingerprint density at radius 1 is 1.40 bits per heavy atom. The molecular weight excluding hydrogens is 263 g/mol. The van der Waals surface area contributed by atoms with E-state index in [0.29, 0.717) is 0 Å². The van der Waals surface area contributed by atoms with E-state index >= 15 is 0 Å². The molecule has 0 aliphatic heterocycles. The van der Waals surface area contributed by atoms with Gasteiger partial charge in [0.15, 0.2) is 0 Å². The molecule has 15 heavy (non-hydrogen) atoms. The largest absolute Gasteiger partial charge is 0.281 e. The summed E-state index contributed by atoms with van der Waals surface area (Å²) in [5.74, 6) is 0. The normalized spacial score (nSPS) is 13.8. The minimum Gasteiger partial charge on any atom is -0.281 e. The predicted molar refractivity (Wildman–Crippen MR) is 60.7 cm³/mol. The van der Waals surface area contributed by atoms with E-state index < -0.39 is 0 Å². The van der Waals surface area contributed by atoms with E-state index in [-0.39, 0.29) is 23.2 Å². The Balaban J connectivity index is 0.000000921. The van der Waals surface area contributed by atoms with Gasteiger partial charge in [0.1, 0.15) is 0 Å². The summed E-state index contributed by atoms with van der Waals surface area (Å²) in [4.78, 5) is 7.50. The van der Waals surface area contributed by atoms with Gasteiger partial charge in [-0.2, -0.15) is 0 Å². The van der Waals surface area contributed by atoms with Gasteiger partial charge in [-0.1, -0.05) is 0 Å². The van der Waals surface area contributed by atoms with Gasteiger partial charge in [-0.25, -0.2) is 0 Å². The van der Waals surface area contributed by atoms with Gasteiger partial charge in [0.25, 0.3) is 6.79 Å². The first-order chi connectivity index (χ1) is 7.18. The molecule has 1 aliphatic carbocycles. The standard InChI is InChI=1S/C7H11.C5H5.CO.Zr/c1-6(2)5-7(3)4;1-2-4-5-3-1;1-2;/h1,5H,2-4H3;1-3H,4H2;;. The zero-order chi connectivity index (χ0) is 11.7. The number of rotatable bonds is 3. The van der Waals surface area contributed by atoms with Crippen molar-refractivity contribution in [1.29, 1.82) is 0 Å². The van der Waals surface area contributed by atoms with Crippen LogP contribution in [0, 0.1) is 0 Å². The van der Waals surface area contributed by atoms with Gasteiger partial charge in [0, 0.05) is 0 Å². The molecule has 1 nitrogen and oxygen atoms in total. The molecule has 1 aliphatic rings. The number of hydrogen-bond acceptors (Lipinski definition) is 1. The average molecular weight is 279 g/mol. The maximum absolute atomic E-state index is 7.50. The van der Waals surface area contributed by atoms with Crippen molar-refractivity contribution in [3.63, 3.8) is 0 Å². The fraction of sp³-hybridized carbons (Fsp3) is 0.308. The van der Waals surface area contributed by atoms with Crippen LogP contribution in [0.5, 0.6) is 0 Å². The monoisotopic (exact) mass is 278 g/mol. The van der Waals surface area contributed by atoms with Gasteiger partial charge >= 0.3 is 92.9 Å². The summed E-state index contributed by atoms with van der Waals surface area (Å²) in [6, 6.07) is 0. The Hall–Kier alpha value is -0.487. The topological polar surface area (TPSA) is 17.1 Å². The van der Waals surface area contributed by atoms with Crippen LogP contribution in [0.1, 0.15) is 27.2 Å². The fourth-order valence-electron chi connectivity index (χ4n) is 1.26. The van der Waals surface area contributed by atoms with E-state index in [2.05, 4.69) is 55.6 Å². The molecule has 0 amide bonds. The van der Waals surface area contributed by atoms with Crippen molar-refractivity contribution >= 4 is 6.79 Å². The van der Waals surface area contributed by atoms with Crippen molar-refractivity contribution in [1.82, 2.24) is 0 Å². The van der Waals surface area contributed by atoms with E-state index in [1.54, 1.807) is 3.28 Å².